The van der Waals surface area contributed by atoms with E-state index >= 15 is 0 Å². The van der Waals surface area contributed by atoms with Crippen LogP contribution in [-0.2, 0) is 10.0 Å². The van der Waals surface area contributed by atoms with Gasteiger partial charge in [-0.1, -0.05) is 5.16 Å². The molecule has 0 bridgehead atoms. The molecule has 0 amide bonds. The molecular weight excluding hydrogens is 368 g/mol. The first-order chi connectivity index (χ1) is 12.4. The number of sulfonamides is 1. The monoisotopic (exact) mass is 379 g/mol. The molecule has 0 radical (unpaired) electrons. The van der Waals surface area contributed by atoms with Crippen LogP contribution in [0, 0.1) is 11.6 Å². The normalized spacial score (nSPS) is 15.8. The summed E-state index contributed by atoms with van der Waals surface area (Å²) in [5.41, 5.74) is 0. The largest absolute Gasteiger partial charge is 0.338 e. The zero-order valence-electron chi connectivity index (χ0n) is 13.1. The van der Waals surface area contributed by atoms with Crippen LogP contribution in [-0.4, -0.2) is 45.9 Å². The van der Waals surface area contributed by atoms with Gasteiger partial charge in [0.15, 0.2) is 0 Å². The van der Waals surface area contributed by atoms with Crippen molar-refractivity contribution in [1.29, 1.82) is 0 Å². The van der Waals surface area contributed by atoms with Gasteiger partial charge < -0.3 is 4.52 Å². The van der Waals surface area contributed by atoms with Crippen LogP contribution in [0.2, 0.25) is 0 Å². The zero-order chi connectivity index (χ0) is 18.3. The minimum Gasteiger partial charge on any atom is -0.338 e. The van der Waals surface area contributed by atoms with Crippen molar-refractivity contribution in [3.8, 4) is 11.6 Å². The van der Waals surface area contributed by atoms with Gasteiger partial charge in [0, 0.05) is 25.5 Å². The van der Waals surface area contributed by atoms with Crippen LogP contribution < -0.4 is 0 Å². The van der Waals surface area contributed by atoms with Gasteiger partial charge in [0.2, 0.25) is 27.6 Å². The number of aromatic nitrogens is 4. The first-order valence-electron chi connectivity index (χ1n) is 7.51. The molecule has 1 saturated heterocycles. The fourth-order valence-electron chi connectivity index (χ4n) is 2.51. The second kappa shape index (κ2) is 6.18. The van der Waals surface area contributed by atoms with Crippen LogP contribution in [0.5, 0.6) is 0 Å². The van der Waals surface area contributed by atoms with Crippen molar-refractivity contribution < 1.29 is 21.7 Å². The van der Waals surface area contributed by atoms with Crippen molar-refractivity contribution in [3.05, 3.63) is 54.2 Å². The lowest BCUT2D eigenvalue weighted by atomic mass is 10.0. The van der Waals surface area contributed by atoms with E-state index in [4.69, 9.17) is 4.52 Å². The third-order valence-electron chi connectivity index (χ3n) is 3.92. The molecule has 4 rings (SSSR count). The van der Waals surface area contributed by atoms with Crippen LogP contribution in [0.15, 0.2) is 46.1 Å². The van der Waals surface area contributed by atoms with Crippen LogP contribution in [0.3, 0.4) is 0 Å². The summed E-state index contributed by atoms with van der Waals surface area (Å²) in [6, 6.07) is 3.95. The predicted molar refractivity (Wildman–Crippen MR) is 83.2 cm³/mol. The first-order valence-corrected chi connectivity index (χ1v) is 8.95. The number of hydrogen-bond donors (Lipinski definition) is 0. The van der Waals surface area contributed by atoms with Crippen molar-refractivity contribution in [3.63, 3.8) is 0 Å². The highest BCUT2D eigenvalue weighted by molar-refractivity contribution is 7.89. The molecule has 26 heavy (non-hydrogen) atoms. The van der Waals surface area contributed by atoms with Gasteiger partial charge in [-0.3, -0.25) is 0 Å². The van der Waals surface area contributed by atoms with E-state index in [1.54, 1.807) is 6.07 Å². The molecule has 0 saturated carbocycles. The maximum absolute atomic E-state index is 13.8. The maximum atomic E-state index is 13.8. The van der Waals surface area contributed by atoms with Crippen molar-refractivity contribution in [2.45, 2.75) is 10.8 Å². The Morgan fingerprint density at radius 2 is 1.85 bits per heavy atom. The first kappa shape index (κ1) is 16.7. The lowest BCUT2D eigenvalue weighted by Crippen LogP contribution is -2.48. The van der Waals surface area contributed by atoms with Crippen LogP contribution >= 0.6 is 0 Å². The van der Waals surface area contributed by atoms with E-state index in [1.807, 2.05) is 0 Å². The Balaban J connectivity index is 1.50. The Kier molecular flexibility index (Phi) is 3.96. The van der Waals surface area contributed by atoms with Gasteiger partial charge in [0.25, 0.3) is 0 Å². The molecule has 0 aliphatic carbocycles. The Morgan fingerprint density at radius 1 is 1.12 bits per heavy atom. The van der Waals surface area contributed by atoms with Crippen molar-refractivity contribution >= 4 is 10.0 Å². The summed E-state index contributed by atoms with van der Waals surface area (Å²) in [4.78, 5) is 11.5. The maximum Gasteiger partial charge on any atom is 0.246 e. The highest BCUT2D eigenvalue weighted by Gasteiger charge is 2.41. The fourth-order valence-corrected chi connectivity index (χ4v) is 4.12. The zero-order valence-corrected chi connectivity index (χ0v) is 13.9. The second-order valence-electron chi connectivity index (χ2n) is 5.62. The third-order valence-corrected chi connectivity index (χ3v) is 5.76. The molecule has 1 fully saturated rings. The van der Waals surface area contributed by atoms with E-state index in [0.29, 0.717) is 6.07 Å². The van der Waals surface area contributed by atoms with Gasteiger partial charge in [-0.05, 0) is 24.3 Å². The molecule has 2 aromatic heterocycles. The molecule has 1 aliphatic rings. The van der Waals surface area contributed by atoms with E-state index < -0.39 is 26.6 Å². The summed E-state index contributed by atoms with van der Waals surface area (Å²) in [5.74, 6) is -1.46. The Bertz CT molecular complexity index is 1050. The molecule has 0 atom stereocenters. The quantitative estimate of drug-likeness (QED) is 0.678. The number of hydrogen-bond acceptors (Lipinski definition) is 7. The Hall–Kier alpha value is -2.79. The smallest absolute Gasteiger partial charge is 0.246 e. The summed E-state index contributed by atoms with van der Waals surface area (Å²) < 4.78 is 58.1. The molecule has 0 N–H and O–H groups in total. The molecule has 11 heteroatoms. The second-order valence-corrected chi connectivity index (χ2v) is 7.53. The molecule has 8 nitrogen and oxygen atoms in total. The molecule has 1 aromatic carbocycles. The van der Waals surface area contributed by atoms with E-state index in [9.17, 15) is 17.2 Å². The minimum absolute atomic E-state index is 0.0234. The van der Waals surface area contributed by atoms with Gasteiger partial charge in [-0.15, -0.1) is 0 Å². The summed E-state index contributed by atoms with van der Waals surface area (Å²) in [7, 11) is -4.14. The third kappa shape index (κ3) is 2.84. The van der Waals surface area contributed by atoms with Crippen LogP contribution in [0.25, 0.3) is 11.6 Å². The van der Waals surface area contributed by atoms with E-state index in [1.165, 1.54) is 12.4 Å². The Morgan fingerprint density at radius 3 is 2.58 bits per heavy atom. The highest BCUT2D eigenvalue weighted by Crippen LogP contribution is 2.32. The molecular formula is C15H11F2N5O3S. The number of benzene rings is 1. The van der Waals surface area contributed by atoms with E-state index in [0.717, 1.165) is 16.4 Å². The van der Waals surface area contributed by atoms with Gasteiger partial charge in [-0.25, -0.2) is 27.2 Å². The van der Waals surface area contributed by atoms with E-state index in [-0.39, 0.29) is 36.5 Å². The minimum atomic E-state index is -4.14. The summed E-state index contributed by atoms with van der Waals surface area (Å²) in [6.45, 7) is 0.0468. The molecule has 1 aliphatic heterocycles. The lowest BCUT2D eigenvalue weighted by Gasteiger charge is -2.35. The van der Waals surface area contributed by atoms with Crippen molar-refractivity contribution in [2.24, 2.45) is 0 Å². The summed E-state index contributed by atoms with van der Waals surface area (Å²) in [6.07, 6.45) is 3.06. The number of halogens is 2. The topological polar surface area (TPSA) is 102 Å². The lowest BCUT2D eigenvalue weighted by molar-refractivity contribution is 0.216. The van der Waals surface area contributed by atoms with Gasteiger partial charge >= 0.3 is 0 Å². The number of nitrogens with zero attached hydrogens (tertiary/aromatic N) is 5. The Labute approximate surface area is 146 Å². The summed E-state index contributed by atoms with van der Waals surface area (Å²) >= 11 is 0. The molecule has 3 heterocycles. The molecule has 0 unspecified atom stereocenters. The molecule has 0 spiro atoms. The standard InChI is InChI=1S/C15H11F2N5O3S/c16-10-2-3-11(17)12(6-10)26(23,24)22-7-9(8-22)15-20-14(21-25-15)13-18-4-1-5-19-13/h1-6,9H,7-8H2. The highest BCUT2D eigenvalue weighted by atomic mass is 32.2. The molecule has 134 valence electrons. The van der Waals surface area contributed by atoms with Gasteiger partial charge in [0.1, 0.15) is 16.5 Å². The number of rotatable bonds is 4. The summed E-state index contributed by atoms with van der Waals surface area (Å²) in [5, 5.41) is 3.77. The van der Waals surface area contributed by atoms with Crippen molar-refractivity contribution in [1.82, 2.24) is 24.4 Å². The van der Waals surface area contributed by atoms with Crippen LogP contribution in [0.1, 0.15) is 11.8 Å². The fraction of sp³-hybridized carbons (Fsp3) is 0.200. The average molecular weight is 379 g/mol. The molecule has 3 aromatic rings. The van der Waals surface area contributed by atoms with E-state index in [2.05, 4.69) is 20.1 Å². The van der Waals surface area contributed by atoms with Gasteiger partial charge in [0.05, 0.1) is 5.92 Å². The average Bonchev–Trinajstić information content (AvgIpc) is 3.06. The van der Waals surface area contributed by atoms with Gasteiger partial charge in [-0.2, -0.15) is 9.29 Å². The predicted octanol–water partition coefficient (Wildman–Crippen LogP) is 1.59. The van der Waals surface area contributed by atoms with Crippen LogP contribution in [0.4, 0.5) is 8.78 Å². The SMILES string of the molecule is O=S(=O)(c1cc(F)ccc1F)N1CC(c2nc(-c3ncccn3)no2)C1. The van der Waals surface area contributed by atoms with Crippen molar-refractivity contribution in [2.75, 3.05) is 13.1 Å².